The van der Waals surface area contributed by atoms with Crippen molar-refractivity contribution in [3.63, 3.8) is 0 Å². The van der Waals surface area contributed by atoms with Crippen molar-refractivity contribution in [1.82, 2.24) is 15.5 Å². The van der Waals surface area contributed by atoms with Gasteiger partial charge in [-0.05, 0) is 63.0 Å². The van der Waals surface area contributed by atoms with Crippen LogP contribution >= 0.6 is 24.8 Å². The van der Waals surface area contributed by atoms with E-state index in [1.807, 2.05) is 12.1 Å². The molecule has 28 heavy (non-hydrogen) atoms. The molecule has 1 aromatic carbocycles. The number of carbonyl (C=O) groups is 1. The van der Waals surface area contributed by atoms with E-state index in [1.54, 1.807) is 0 Å². The molecule has 0 unspecified atom stereocenters. The van der Waals surface area contributed by atoms with Crippen molar-refractivity contribution in [3.05, 3.63) is 35.4 Å². The average Bonchev–Trinajstić information content (AvgIpc) is 3.12. The molecular formula is C19H31Cl2N3O3S. The summed E-state index contributed by atoms with van der Waals surface area (Å²) in [5.41, 5.74) is 2.24. The summed E-state index contributed by atoms with van der Waals surface area (Å²) in [6.07, 6.45) is 4.35. The van der Waals surface area contributed by atoms with Gasteiger partial charge in [0.1, 0.15) is 0 Å². The summed E-state index contributed by atoms with van der Waals surface area (Å²) < 4.78 is 23.3. The monoisotopic (exact) mass is 451 g/mol. The summed E-state index contributed by atoms with van der Waals surface area (Å²) in [5, 5.41) is 6.01. The number of halogens is 2. The van der Waals surface area contributed by atoms with Crippen LogP contribution in [0.3, 0.4) is 0 Å². The van der Waals surface area contributed by atoms with Gasteiger partial charge in [0.05, 0.1) is 0 Å². The van der Waals surface area contributed by atoms with Gasteiger partial charge in [0.15, 0.2) is 14.6 Å². The van der Waals surface area contributed by atoms with E-state index in [4.69, 9.17) is 0 Å². The Hall–Kier alpha value is -0.860. The summed E-state index contributed by atoms with van der Waals surface area (Å²) in [5.74, 6) is -0.369. The van der Waals surface area contributed by atoms with Crippen molar-refractivity contribution >= 4 is 40.6 Å². The van der Waals surface area contributed by atoms with Crippen LogP contribution in [0.25, 0.3) is 0 Å². The molecule has 2 fully saturated rings. The van der Waals surface area contributed by atoms with Gasteiger partial charge in [-0.15, -0.1) is 24.8 Å². The molecule has 2 aliphatic heterocycles. The van der Waals surface area contributed by atoms with Gasteiger partial charge in [-0.3, -0.25) is 9.69 Å². The lowest BCUT2D eigenvalue weighted by molar-refractivity contribution is -0.124. The highest BCUT2D eigenvalue weighted by atomic mass is 35.5. The van der Waals surface area contributed by atoms with E-state index in [-0.39, 0.29) is 30.7 Å². The number of rotatable bonds is 6. The van der Waals surface area contributed by atoms with E-state index < -0.39 is 14.6 Å². The minimum atomic E-state index is -3.47. The standard InChI is InChI=1S/C19H29N3O3S.2ClH/c1-26(24,25)19(7-9-20-10-8-19)18(23)21-14-16-5-4-6-17(13-16)15-22-11-2-3-12-22;;/h4-6,13,20H,2-3,7-12,14-15H2,1H3,(H,21,23);2*1H. The van der Waals surface area contributed by atoms with Crippen molar-refractivity contribution in [2.75, 3.05) is 32.4 Å². The number of benzene rings is 1. The zero-order chi connectivity index (χ0) is 18.6. The molecule has 2 saturated heterocycles. The van der Waals surface area contributed by atoms with Crippen LogP contribution in [0.1, 0.15) is 36.8 Å². The van der Waals surface area contributed by atoms with E-state index in [1.165, 1.54) is 24.7 Å². The molecule has 160 valence electrons. The summed E-state index contributed by atoms with van der Waals surface area (Å²) in [4.78, 5) is 15.2. The number of carbonyl (C=O) groups excluding carboxylic acids is 1. The highest BCUT2D eigenvalue weighted by molar-refractivity contribution is 7.92. The predicted octanol–water partition coefficient (Wildman–Crippen LogP) is 1.91. The Balaban J connectivity index is 0.00000196. The fraction of sp³-hybridized carbons (Fsp3) is 0.632. The Bertz CT molecular complexity index is 747. The van der Waals surface area contributed by atoms with Gasteiger partial charge in [0.25, 0.3) is 0 Å². The van der Waals surface area contributed by atoms with Crippen LogP contribution in [0, 0.1) is 0 Å². The molecule has 0 saturated carbocycles. The number of hydrogen-bond acceptors (Lipinski definition) is 5. The first-order valence-electron chi connectivity index (χ1n) is 9.39. The second-order valence-electron chi connectivity index (χ2n) is 7.50. The largest absolute Gasteiger partial charge is 0.351 e. The molecule has 0 aromatic heterocycles. The van der Waals surface area contributed by atoms with Crippen LogP contribution < -0.4 is 10.6 Å². The van der Waals surface area contributed by atoms with Gasteiger partial charge in [0.2, 0.25) is 5.91 Å². The molecule has 0 bridgehead atoms. The number of nitrogens with zero attached hydrogens (tertiary/aromatic N) is 1. The Labute approximate surface area is 180 Å². The average molecular weight is 452 g/mol. The van der Waals surface area contributed by atoms with Crippen LogP contribution in [0.2, 0.25) is 0 Å². The van der Waals surface area contributed by atoms with E-state index in [0.29, 0.717) is 32.5 Å². The van der Waals surface area contributed by atoms with Crippen molar-refractivity contribution < 1.29 is 13.2 Å². The number of amides is 1. The molecule has 0 aliphatic carbocycles. The van der Waals surface area contributed by atoms with Crippen LogP contribution in [-0.2, 0) is 27.7 Å². The third-order valence-corrected chi connectivity index (χ3v) is 7.60. The van der Waals surface area contributed by atoms with Crippen molar-refractivity contribution in [3.8, 4) is 0 Å². The minimum Gasteiger partial charge on any atom is -0.351 e. The van der Waals surface area contributed by atoms with E-state index in [0.717, 1.165) is 25.2 Å². The van der Waals surface area contributed by atoms with Crippen LogP contribution in [0.4, 0.5) is 0 Å². The Kier molecular flexibility index (Phi) is 9.70. The maximum absolute atomic E-state index is 12.8. The van der Waals surface area contributed by atoms with Gasteiger partial charge in [-0.1, -0.05) is 24.3 Å². The quantitative estimate of drug-likeness (QED) is 0.690. The van der Waals surface area contributed by atoms with Crippen molar-refractivity contribution in [1.29, 1.82) is 0 Å². The van der Waals surface area contributed by atoms with E-state index >= 15 is 0 Å². The SMILES string of the molecule is CS(=O)(=O)C1(C(=O)NCc2cccc(CN3CCCC3)c2)CCNCC1.Cl.Cl. The summed E-state index contributed by atoms with van der Waals surface area (Å²) in [7, 11) is -3.47. The normalized spacial score (nSPS) is 19.3. The molecular weight excluding hydrogens is 421 g/mol. The molecule has 3 rings (SSSR count). The van der Waals surface area contributed by atoms with E-state index in [9.17, 15) is 13.2 Å². The highest BCUT2D eigenvalue weighted by Crippen LogP contribution is 2.28. The number of sulfone groups is 1. The first-order valence-corrected chi connectivity index (χ1v) is 11.3. The van der Waals surface area contributed by atoms with Crippen LogP contribution in [-0.4, -0.2) is 56.4 Å². The summed E-state index contributed by atoms with van der Waals surface area (Å²) in [6, 6.07) is 8.19. The maximum atomic E-state index is 12.8. The fourth-order valence-corrected chi connectivity index (χ4v) is 5.33. The summed E-state index contributed by atoms with van der Waals surface area (Å²) >= 11 is 0. The van der Waals surface area contributed by atoms with Crippen LogP contribution in [0.15, 0.2) is 24.3 Å². The molecule has 0 radical (unpaired) electrons. The number of nitrogens with one attached hydrogen (secondary N) is 2. The zero-order valence-electron chi connectivity index (χ0n) is 16.3. The number of likely N-dealkylation sites (tertiary alicyclic amines) is 1. The molecule has 1 amide bonds. The second kappa shape index (κ2) is 10.8. The smallest absolute Gasteiger partial charge is 0.241 e. The van der Waals surface area contributed by atoms with Crippen molar-refractivity contribution in [2.24, 2.45) is 0 Å². The molecule has 0 spiro atoms. The van der Waals surface area contributed by atoms with Crippen LogP contribution in [0.5, 0.6) is 0 Å². The van der Waals surface area contributed by atoms with Gasteiger partial charge in [-0.2, -0.15) is 0 Å². The number of piperidine rings is 1. The highest BCUT2D eigenvalue weighted by Gasteiger charge is 2.48. The molecule has 6 nitrogen and oxygen atoms in total. The first kappa shape index (κ1) is 25.2. The molecule has 0 atom stereocenters. The Morgan fingerprint density at radius 2 is 1.75 bits per heavy atom. The van der Waals surface area contributed by atoms with Gasteiger partial charge in [0, 0.05) is 19.3 Å². The summed E-state index contributed by atoms with van der Waals surface area (Å²) in [6.45, 7) is 4.67. The maximum Gasteiger partial charge on any atom is 0.241 e. The predicted molar refractivity (Wildman–Crippen MR) is 117 cm³/mol. The van der Waals surface area contributed by atoms with Gasteiger partial charge in [-0.25, -0.2) is 8.42 Å². The lowest BCUT2D eigenvalue weighted by atomic mass is 9.95. The molecule has 2 heterocycles. The topological polar surface area (TPSA) is 78.5 Å². The Morgan fingerprint density at radius 1 is 1.14 bits per heavy atom. The first-order chi connectivity index (χ1) is 12.4. The third-order valence-electron chi connectivity index (χ3n) is 5.58. The molecule has 1 aromatic rings. The fourth-order valence-electron chi connectivity index (χ4n) is 3.98. The molecule has 2 N–H and O–H groups in total. The van der Waals surface area contributed by atoms with E-state index in [2.05, 4.69) is 27.7 Å². The molecule has 2 aliphatic rings. The van der Waals surface area contributed by atoms with Gasteiger partial charge >= 0.3 is 0 Å². The minimum absolute atomic E-state index is 0. The lowest BCUT2D eigenvalue weighted by Crippen LogP contribution is -2.57. The number of hydrogen-bond donors (Lipinski definition) is 2. The lowest BCUT2D eigenvalue weighted by Gasteiger charge is -2.34. The molecule has 9 heteroatoms. The Morgan fingerprint density at radius 3 is 2.36 bits per heavy atom. The van der Waals surface area contributed by atoms with Crippen molar-refractivity contribution in [2.45, 2.75) is 43.5 Å². The second-order valence-corrected chi connectivity index (χ2v) is 9.83. The zero-order valence-corrected chi connectivity index (χ0v) is 18.7. The third kappa shape index (κ3) is 5.83. The van der Waals surface area contributed by atoms with Gasteiger partial charge < -0.3 is 10.6 Å².